The highest BCUT2D eigenvalue weighted by molar-refractivity contribution is 5.93. The molecular formula is C27H38N4O3. The second kappa shape index (κ2) is 10.2. The van der Waals surface area contributed by atoms with Gasteiger partial charge in [-0.2, -0.15) is 0 Å². The first-order chi connectivity index (χ1) is 16.2. The van der Waals surface area contributed by atoms with Gasteiger partial charge in [0.2, 0.25) is 0 Å². The number of carbonyl (C=O) groups is 2. The molecule has 0 spiro atoms. The van der Waals surface area contributed by atoms with Crippen molar-refractivity contribution in [3.63, 3.8) is 0 Å². The molecule has 2 saturated heterocycles. The summed E-state index contributed by atoms with van der Waals surface area (Å²) in [6.07, 6.45) is 4.30. The predicted octanol–water partition coefficient (Wildman–Crippen LogP) is 4.63. The van der Waals surface area contributed by atoms with Crippen LogP contribution in [0, 0.1) is 0 Å². The van der Waals surface area contributed by atoms with Gasteiger partial charge in [-0.1, -0.05) is 30.3 Å². The number of ether oxygens (including phenoxy) is 1. The van der Waals surface area contributed by atoms with Crippen molar-refractivity contribution >= 4 is 12.0 Å². The smallest absolute Gasteiger partial charge is 0.410 e. The Kier molecular flexibility index (Phi) is 7.31. The molecule has 0 saturated carbocycles. The van der Waals surface area contributed by atoms with Gasteiger partial charge in [0.05, 0.1) is 0 Å². The molecule has 4 rings (SSSR count). The lowest BCUT2D eigenvalue weighted by atomic mass is 10.0. The number of piperidine rings is 1. The van der Waals surface area contributed by atoms with Crippen LogP contribution in [0.25, 0.3) is 0 Å². The van der Waals surface area contributed by atoms with Gasteiger partial charge in [-0.15, -0.1) is 0 Å². The first kappa shape index (κ1) is 24.3. The number of carbonyl (C=O) groups excluding carboxylic acids is 2. The van der Waals surface area contributed by atoms with Gasteiger partial charge in [0.15, 0.2) is 0 Å². The quantitative estimate of drug-likeness (QED) is 0.698. The van der Waals surface area contributed by atoms with Gasteiger partial charge >= 0.3 is 6.09 Å². The molecule has 2 unspecified atom stereocenters. The topological polar surface area (TPSA) is 66.8 Å². The van der Waals surface area contributed by atoms with Gasteiger partial charge in [0, 0.05) is 50.5 Å². The maximum atomic E-state index is 13.2. The van der Waals surface area contributed by atoms with E-state index < -0.39 is 5.60 Å². The lowest BCUT2D eigenvalue weighted by molar-refractivity contribution is 0.0187. The number of aromatic nitrogens is 1. The van der Waals surface area contributed by atoms with E-state index in [1.807, 2.05) is 45.2 Å². The average Bonchev–Trinajstić information content (AvgIpc) is 3.48. The lowest BCUT2D eigenvalue weighted by Gasteiger charge is -2.34. The van der Waals surface area contributed by atoms with E-state index in [2.05, 4.69) is 46.0 Å². The van der Waals surface area contributed by atoms with E-state index in [9.17, 15) is 9.59 Å². The van der Waals surface area contributed by atoms with Crippen LogP contribution < -0.4 is 5.32 Å². The summed E-state index contributed by atoms with van der Waals surface area (Å²) in [5.41, 5.74) is 1.51. The summed E-state index contributed by atoms with van der Waals surface area (Å²) in [4.78, 5) is 29.7. The van der Waals surface area contributed by atoms with Crippen LogP contribution in [0.1, 0.15) is 75.1 Å². The fraction of sp³-hybridized carbons (Fsp3) is 0.556. The van der Waals surface area contributed by atoms with Crippen LogP contribution in [0.2, 0.25) is 0 Å². The Morgan fingerprint density at radius 2 is 1.71 bits per heavy atom. The first-order valence-corrected chi connectivity index (χ1v) is 12.5. The molecule has 34 heavy (non-hydrogen) atoms. The summed E-state index contributed by atoms with van der Waals surface area (Å²) in [6.45, 7) is 11.0. The Hall–Kier alpha value is -2.80. The molecule has 184 valence electrons. The van der Waals surface area contributed by atoms with Crippen LogP contribution in [-0.2, 0) is 4.74 Å². The van der Waals surface area contributed by atoms with Crippen molar-refractivity contribution in [1.82, 2.24) is 19.7 Å². The normalized spacial score (nSPS) is 20.8. The van der Waals surface area contributed by atoms with Gasteiger partial charge in [-0.3, -0.25) is 9.69 Å². The van der Waals surface area contributed by atoms with Crippen molar-refractivity contribution in [3.05, 3.63) is 59.9 Å². The maximum Gasteiger partial charge on any atom is 0.410 e. The Balaban J connectivity index is 1.31. The molecule has 0 radical (unpaired) electrons. The molecule has 7 heteroatoms. The Morgan fingerprint density at radius 1 is 1.00 bits per heavy atom. The second-order valence-electron chi connectivity index (χ2n) is 10.5. The summed E-state index contributed by atoms with van der Waals surface area (Å²) >= 11 is 0. The molecule has 3 heterocycles. The number of benzene rings is 1. The number of rotatable bonds is 5. The molecule has 1 N–H and O–H groups in total. The van der Waals surface area contributed by atoms with Crippen LogP contribution in [0.5, 0.6) is 0 Å². The SMILES string of the molecule is CC(c1ccccc1)N1CCC(NC(=O)c2cccn2C2CCN(C(=O)OC(C)(C)C)CC2)C1. The molecule has 7 nitrogen and oxygen atoms in total. The van der Waals surface area contributed by atoms with E-state index >= 15 is 0 Å². The summed E-state index contributed by atoms with van der Waals surface area (Å²) in [5.74, 6) is -0.0150. The van der Waals surface area contributed by atoms with Crippen molar-refractivity contribution in [1.29, 1.82) is 0 Å². The minimum Gasteiger partial charge on any atom is -0.444 e. The van der Waals surface area contributed by atoms with Crippen molar-refractivity contribution in [2.45, 2.75) is 70.7 Å². The third-order valence-electron chi connectivity index (χ3n) is 6.91. The number of nitrogens with one attached hydrogen (secondary N) is 1. The third kappa shape index (κ3) is 5.81. The molecule has 1 aromatic carbocycles. The van der Waals surface area contributed by atoms with Gasteiger partial charge in [0.1, 0.15) is 11.3 Å². The van der Waals surface area contributed by atoms with Gasteiger partial charge in [0.25, 0.3) is 5.91 Å². The number of hydrogen-bond donors (Lipinski definition) is 1. The van der Waals surface area contributed by atoms with E-state index in [-0.39, 0.29) is 24.1 Å². The summed E-state index contributed by atoms with van der Waals surface area (Å²) in [7, 11) is 0. The fourth-order valence-electron chi connectivity index (χ4n) is 5.02. The molecule has 0 bridgehead atoms. The summed E-state index contributed by atoms with van der Waals surface area (Å²) < 4.78 is 7.59. The van der Waals surface area contributed by atoms with E-state index in [1.165, 1.54) is 5.56 Å². The Bertz CT molecular complexity index is 973. The van der Waals surface area contributed by atoms with E-state index in [1.54, 1.807) is 4.90 Å². The Morgan fingerprint density at radius 3 is 2.38 bits per heavy atom. The standard InChI is InChI=1S/C27H38N4O3/c1-20(21-9-6-5-7-10-21)30-16-12-22(19-30)28-25(32)24-11-8-15-31(24)23-13-17-29(18-14-23)26(33)34-27(2,3)4/h5-11,15,20,22-23H,12-14,16-19H2,1-4H3,(H,28,32). The van der Waals surface area contributed by atoms with Crippen molar-refractivity contribution in [2.24, 2.45) is 0 Å². The van der Waals surface area contributed by atoms with E-state index in [4.69, 9.17) is 4.74 Å². The number of hydrogen-bond acceptors (Lipinski definition) is 4. The van der Waals surface area contributed by atoms with Crippen LogP contribution in [-0.4, -0.2) is 64.2 Å². The minimum atomic E-state index is -0.492. The zero-order valence-electron chi connectivity index (χ0n) is 20.9. The van der Waals surface area contributed by atoms with Gasteiger partial charge in [-0.05, 0) is 64.7 Å². The average molecular weight is 467 g/mol. The van der Waals surface area contributed by atoms with E-state index in [0.29, 0.717) is 24.8 Å². The van der Waals surface area contributed by atoms with Crippen LogP contribution in [0.3, 0.4) is 0 Å². The molecule has 1 aromatic heterocycles. The van der Waals surface area contributed by atoms with Crippen LogP contribution >= 0.6 is 0 Å². The summed E-state index contributed by atoms with van der Waals surface area (Å²) in [6, 6.07) is 15.0. The van der Waals surface area contributed by atoms with Gasteiger partial charge < -0.3 is 19.5 Å². The monoisotopic (exact) mass is 466 g/mol. The van der Waals surface area contributed by atoms with Crippen molar-refractivity contribution in [3.8, 4) is 0 Å². The first-order valence-electron chi connectivity index (χ1n) is 12.5. The Labute approximate surface area is 203 Å². The van der Waals surface area contributed by atoms with Gasteiger partial charge in [-0.25, -0.2) is 4.79 Å². The van der Waals surface area contributed by atoms with Crippen molar-refractivity contribution < 1.29 is 14.3 Å². The highest BCUT2D eigenvalue weighted by atomic mass is 16.6. The van der Waals surface area contributed by atoms with Crippen LogP contribution in [0.15, 0.2) is 48.7 Å². The molecule has 2 aromatic rings. The summed E-state index contributed by atoms with van der Waals surface area (Å²) in [5, 5.41) is 3.26. The molecule has 2 aliphatic rings. The molecule has 2 amide bonds. The number of nitrogens with zero attached hydrogens (tertiary/aromatic N) is 3. The molecule has 2 aliphatic heterocycles. The van der Waals surface area contributed by atoms with Crippen molar-refractivity contribution in [2.75, 3.05) is 26.2 Å². The largest absolute Gasteiger partial charge is 0.444 e. The molecular weight excluding hydrogens is 428 g/mol. The van der Waals surface area contributed by atoms with E-state index in [0.717, 1.165) is 32.4 Å². The minimum absolute atomic E-state index is 0.0150. The zero-order valence-corrected chi connectivity index (χ0v) is 20.9. The molecule has 2 fully saturated rings. The molecule has 2 atom stereocenters. The fourth-order valence-corrected chi connectivity index (χ4v) is 5.02. The number of amides is 2. The highest BCUT2D eigenvalue weighted by Gasteiger charge is 2.31. The van der Waals surface area contributed by atoms with Crippen LogP contribution in [0.4, 0.5) is 4.79 Å². The highest BCUT2D eigenvalue weighted by Crippen LogP contribution is 2.27. The second-order valence-corrected chi connectivity index (χ2v) is 10.5. The molecule has 0 aliphatic carbocycles. The maximum absolute atomic E-state index is 13.2. The lowest BCUT2D eigenvalue weighted by Crippen LogP contribution is -2.43. The zero-order chi connectivity index (χ0) is 24.3. The number of likely N-dealkylation sites (tertiary alicyclic amines) is 2. The predicted molar refractivity (Wildman–Crippen MR) is 133 cm³/mol. The third-order valence-corrected chi connectivity index (χ3v) is 6.91.